The number of hydrogen-bond donors (Lipinski definition) is 2. The highest BCUT2D eigenvalue weighted by molar-refractivity contribution is 7.74. The summed E-state index contributed by atoms with van der Waals surface area (Å²) in [5.41, 5.74) is 1.54. The van der Waals surface area contributed by atoms with Crippen LogP contribution in [0.15, 0.2) is 60.7 Å². The van der Waals surface area contributed by atoms with Crippen LogP contribution in [0, 0.1) is 0 Å². The molecule has 1 aliphatic heterocycles. The zero-order valence-electron chi connectivity index (χ0n) is 21.2. The number of fused-ring (bicyclic) bond motifs is 1. The molecule has 0 spiro atoms. The quantitative estimate of drug-likeness (QED) is 0.217. The molecule has 8 nitrogen and oxygen atoms in total. The molecule has 2 heterocycles. The second-order valence-electron chi connectivity index (χ2n) is 9.06. The number of ether oxygens (including phenoxy) is 3. The van der Waals surface area contributed by atoms with Crippen LogP contribution in [0.25, 0.3) is 21.2 Å². The summed E-state index contributed by atoms with van der Waals surface area (Å²) in [5, 5.41) is 3.70. The molecular formula is C27H22ClF3N2O6S2. The monoisotopic (exact) mass is 626 g/mol. The third-order valence-electron chi connectivity index (χ3n) is 6.25. The van der Waals surface area contributed by atoms with Gasteiger partial charge in [-0.2, -0.15) is 0 Å². The van der Waals surface area contributed by atoms with Gasteiger partial charge in [-0.3, -0.25) is 9.10 Å². The first-order chi connectivity index (χ1) is 19.5. The largest absolute Gasteiger partial charge is 0.573 e. The number of nitrogens with zero attached hydrogens (tertiary/aromatic N) is 1. The average molecular weight is 627 g/mol. The summed E-state index contributed by atoms with van der Waals surface area (Å²) in [4.78, 5) is 13.5. The van der Waals surface area contributed by atoms with Crippen LogP contribution in [0.4, 0.5) is 24.5 Å². The maximum Gasteiger partial charge on any atom is 0.573 e. The Morgan fingerprint density at radius 1 is 1.07 bits per heavy atom. The first-order valence-electron chi connectivity index (χ1n) is 12.1. The van der Waals surface area contributed by atoms with E-state index >= 15 is 0 Å². The van der Waals surface area contributed by atoms with Gasteiger partial charge in [0.05, 0.1) is 30.3 Å². The molecule has 41 heavy (non-hydrogen) atoms. The Morgan fingerprint density at radius 2 is 1.83 bits per heavy atom. The number of thiophene rings is 1. The molecule has 5 rings (SSSR count). The highest BCUT2D eigenvalue weighted by atomic mass is 35.5. The normalized spacial score (nSPS) is 15.3. The molecule has 3 aromatic carbocycles. The number of alkyl halides is 3. The van der Waals surface area contributed by atoms with Crippen molar-refractivity contribution in [1.29, 1.82) is 0 Å². The molecule has 1 aromatic heterocycles. The second-order valence-corrected chi connectivity index (χ2v) is 11.5. The highest BCUT2D eigenvalue weighted by Crippen LogP contribution is 2.36. The number of benzene rings is 3. The molecule has 0 saturated carbocycles. The summed E-state index contributed by atoms with van der Waals surface area (Å²) in [6, 6.07) is 15.0. The Kier molecular flexibility index (Phi) is 8.32. The van der Waals surface area contributed by atoms with Gasteiger partial charge in [0.1, 0.15) is 11.5 Å². The number of halogens is 4. The fourth-order valence-corrected chi connectivity index (χ4v) is 6.44. The zero-order valence-corrected chi connectivity index (χ0v) is 23.7. The van der Waals surface area contributed by atoms with Gasteiger partial charge in [0.15, 0.2) is 0 Å². The molecule has 0 bridgehead atoms. The van der Waals surface area contributed by atoms with Crippen LogP contribution in [0.3, 0.4) is 0 Å². The maximum atomic E-state index is 13.2. The van der Waals surface area contributed by atoms with Crippen LogP contribution < -0.4 is 19.1 Å². The predicted octanol–water partition coefficient (Wildman–Crippen LogP) is 6.50. The van der Waals surface area contributed by atoms with E-state index in [1.807, 2.05) is 0 Å². The Bertz CT molecular complexity index is 1680. The second kappa shape index (κ2) is 11.8. The molecule has 0 radical (unpaired) electrons. The zero-order chi connectivity index (χ0) is 29.3. The first kappa shape index (κ1) is 29.0. The Morgan fingerprint density at radius 3 is 2.51 bits per heavy atom. The van der Waals surface area contributed by atoms with Gasteiger partial charge >= 0.3 is 6.36 Å². The molecule has 1 saturated heterocycles. The van der Waals surface area contributed by atoms with Crippen molar-refractivity contribution in [2.45, 2.75) is 18.8 Å². The lowest BCUT2D eigenvalue weighted by atomic mass is 10.0. The van der Waals surface area contributed by atoms with E-state index in [2.05, 4.69) is 10.1 Å². The van der Waals surface area contributed by atoms with Gasteiger partial charge in [-0.05, 0) is 77.5 Å². The molecule has 1 unspecified atom stereocenters. The summed E-state index contributed by atoms with van der Waals surface area (Å²) in [6.07, 6.45) is -4.30. The first-order valence-corrected chi connectivity index (χ1v) is 14.4. The maximum absolute atomic E-state index is 13.2. The summed E-state index contributed by atoms with van der Waals surface area (Å²) in [6.45, 7) is 0.799. The van der Waals surface area contributed by atoms with Crippen LogP contribution in [-0.4, -0.2) is 47.1 Å². The fourth-order valence-electron chi connectivity index (χ4n) is 4.51. The van der Waals surface area contributed by atoms with Gasteiger partial charge in [0.2, 0.25) is 10.9 Å². The predicted molar refractivity (Wildman–Crippen MR) is 152 cm³/mol. The van der Waals surface area contributed by atoms with E-state index in [1.165, 1.54) is 47.0 Å². The van der Waals surface area contributed by atoms with E-state index in [9.17, 15) is 26.4 Å². The van der Waals surface area contributed by atoms with Crippen LogP contribution >= 0.6 is 22.9 Å². The molecule has 1 N–H and O–H groups in total. The fraction of sp³-hybridized carbons (Fsp3) is 0.222. The topological polar surface area (TPSA) is 94.2 Å². The average Bonchev–Trinajstić information content (AvgIpc) is 3.57. The van der Waals surface area contributed by atoms with Gasteiger partial charge in [0, 0.05) is 28.1 Å². The minimum absolute atomic E-state index is 0.137. The molecule has 1 atom stereocenters. The SMILES string of the molecule is COc1cc(OC(F)(F)F)cc(-c2cc(Cl)cc(NC(=O)c3cc4cc(N(C5CCOC5)[SH](=O)=O)ccc4s3)c2)c1. The third kappa shape index (κ3) is 6.87. The lowest BCUT2D eigenvalue weighted by molar-refractivity contribution is -0.274. The summed E-state index contributed by atoms with van der Waals surface area (Å²) < 4.78 is 79.1. The minimum Gasteiger partial charge on any atom is -0.497 e. The van der Waals surface area contributed by atoms with Crippen LogP contribution in [0.1, 0.15) is 16.1 Å². The van der Waals surface area contributed by atoms with Crippen molar-refractivity contribution < 1.29 is 40.6 Å². The standard InChI is InChI=1S/C27H22ClF3N2O6S2/c1-37-22-9-16(10-23(13-22)39-27(29,30)31)15-6-18(28)12-19(7-15)32-26(34)25-11-17-8-20(2-3-24(17)40-25)33(41(35)36)21-4-5-38-14-21/h2-3,6-13,21,41H,4-5,14H2,1H3,(H,32,34). The van der Waals surface area contributed by atoms with Gasteiger partial charge < -0.3 is 19.5 Å². The smallest absolute Gasteiger partial charge is 0.497 e. The van der Waals surface area contributed by atoms with Crippen molar-refractivity contribution in [1.82, 2.24) is 0 Å². The summed E-state index contributed by atoms with van der Waals surface area (Å²) in [7, 11) is -1.58. The molecule has 1 fully saturated rings. The molecule has 1 amide bonds. The number of methoxy groups -OCH3 is 1. The van der Waals surface area contributed by atoms with E-state index in [0.29, 0.717) is 52.4 Å². The van der Waals surface area contributed by atoms with Gasteiger partial charge in [-0.25, -0.2) is 8.42 Å². The number of carbonyl (C=O) groups excluding carboxylic acids is 1. The van der Waals surface area contributed by atoms with Gasteiger partial charge in [-0.15, -0.1) is 24.5 Å². The van der Waals surface area contributed by atoms with E-state index in [0.717, 1.165) is 10.8 Å². The van der Waals surface area contributed by atoms with Crippen LogP contribution in [-0.2, 0) is 15.6 Å². The third-order valence-corrected chi connectivity index (χ3v) is 8.50. The van der Waals surface area contributed by atoms with Crippen molar-refractivity contribution in [2.75, 3.05) is 29.9 Å². The van der Waals surface area contributed by atoms with E-state index in [-0.39, 0.29) is 16.8 Å². The highest BCUT2D eigenvalue weighted by Gasteiger charge is 2.31. The Balaban J connectivity index is 1.40. The molecule has 216 valence electrons. The lowest BCUT2D eigenvalue weighted by Gasteiger charge is -2.23. The minimum atomic E-state index is -4.89. The van der Waals surface area contributed by atoms with Gasteiger partial charge in [0.25, 0.3) is 5.91 Å². The number of hydrogen-bond acceptors (Lipinski definition) is 7. The number of carbonyl (C=O) groups is 1. The van der Waals surface area contributed by atoms with E-state index in [1.54, 1.807) is 30.3 Å². The Hall–Kier alpha value is -3.52. The molecule has 0 aliphatic carbocycles. The van der Waals surface area contributed by atoms with Crippen LogP contribution in [0.5, 0.6) is 11.5 Å². The van der Waals surface area contributed by atoms with E-state index in [4.69, 9.17) is 21.1 Å². The number of nitrogens with one attached hydrogen (secondary N) is 1. The number of thiol groups is 1. The van der Waals surface area contributed by atoms with Crippen molar-refractivity contribution in [3.8, 4) is 22.6 Å². The molecule has 1 aliphatic rings. The van der Waals surface area contributed by atoms with Gasteiger partial charge in [-0.1, -0.05) is 11.6 Å². The molecular weight excluding hydrogens is 605 g/mol. The van der Waals surface area contributed by atoms with Crippen molar-refractivity contribution in [3.05, 3.63) is 70.6 Å². The lowest BCUT2D eigenvalue weighted by Crippen LogP contribution is -2.34. The summed E-state index contributed by atoms with van der Waals surface area (Å²) >= 11 is 7.51. The van der Waals surface area contributed by atoms with Crippen molar-refractivity contribution in [2.24, 2.45) is 0 Å². The van der Waals surface area contributed by atoms with E-state index < -0.39 is 28.9 Å². The van der Waals surface area contributed by atoms with Crippen LogP contribution in [0.2, 0.25) is 5.02 Å². The number of rotatable bonds is 8. The molecule has 4 aromatic rings. The summed E-state index contributed by atoms with van der Waals surface area (Å²) in [5.74, 6) is -0.774. The van der Waals surface area contributed by atoms with Crippen molar-refractivity contribution >= 4 is 61.2 Å². The Labute approximate surface area is 243 Å². The number of anilines is 2. The number of amides is 1. The van der Waals surface area contributed by atoms with Crippen molar-refractivity contribution in [3.63, 3.8) is 0 Å². The molecule has 14 heteroatoms.